The molecule has 6 N–H and O–H groups in total. The average molecular weight is 491 g/mol. The van der Waals surface area contributed by atoms with Crippen LogP contribution in [0.1, 0.15) is 47.3 Å². The molecular weight excluding hydrogens is 454 g/mol. The van der Waals surface area contributed by atoms with Crippen molar-refractivity contribution in [3.05, 3.63) is 46.2 Å². The number of rotatable bonds is 13. The fourth-order valence-corrected chi connectivity index (χ4v) is 3.57. The summed E-state index contributed by atoms with van der Waals surface area (Å²) in [7, 11) is 4.24. The molecule has 186 valence electrons. The summed E-state index contributed by atoms with van der Waals surface area (Å²) in [5.41, 5.74) is 13.6. The maximum atomic E-state index is 12.3. The minimum absolute atomic E-state index is 0.00432. The van der Waals surface area contributed by atoms with Crippen molar-refractivity contribution in [2.45, 2.75) is 39.0 Å². The van der Waals surface area contributed by atoms with Gasteiger partial charge in [0.05, 0.1) is 33.7 Å². The first-order valence-electron chi connectivity index (χ1n) is 11.6. The Bertz CT molecular complexity index is 965. The zero-order valence-corrected chi connectivity index (χ0v) is 21.1. The van der Waals surface area contributed by atoms with Crippen LogP contribution in [0.5, 0.6) is 0 Å². The summed E-state index contributed by atoms with van der Waals surface area (Å²) >= 11 is 5.83. The molecule has 0 spiro atoms. The lowest BCUT2D eigenvalue weighted by Crippen LogP contribution is -2.46. The first kappa shape index (κ1) is 27.3. The molecule has 0 saturated carbocycles. The first-order valence-corrected chi connectivity index (χ1v) is 12.0. The van der Waals surface area contributed by atoms with Gasteiger partial charge in [-0.3, -0.25) is 9.59 Å². The van der Waals surface area contributed by atoms with Crippen molar-refractivity contribution in [1.82, 2.24) is 20.6 Å². The number of benzene rings is 1. The number of carbonyl (C=O) groups is 2. The average Bonchev–Trinajstić information content (AvgIpc) is 2.78. The molecule has 2 rings (SSSR count). The van der Waals surface area contributed by atoms with E-state index < -0.39 is 5.91 Å². The van der Waals surface area contributed by atoms with Crippen LogP contribution in [0.2, 0.25) is 5.15 Å². The third-order valence-electron chi connectivity index (χ3n) is 5.65. The van der Waals surface area contributed by atoms with Crippen molar-refractivity contribution < 1.29 is 14.1 Å². The van der Waals surface area contributed by atoms with E-state index in [0.29, 0.717) is 19.5 Å². The summed E-state index contributed by atoms with van der Waals surface area (Å²) in [5, 5.41) is 5.77. The van der Waals surface area contributed by atoms with Crippen molar-refractivity contribution in [2.24, 2.45) is 0 Å². The molecule has 10 heteroatoms. The van der Waals surface area contributed by atoms with Gasteiger partial charge in [-0.05, 0) is 38.2 Å². The Balaban J connectivity index is 1.57. The standard InChI is InChI=1S/C24H36ClN7O2/c1-17-7-9-18(10-8-17)11-12-19(33)28-13-5-4-6-15-32(2,3)16-14-29-24(34)20-22(26)31-23(27)21(25)30-20/h7-10H,4-6,11-16H2,1-3H3,(H5-,26,27,28,29,31,33,34)/p+1. The zero-order valence-electron chi connectivity index (χ0n) is 20.4. The van der Waals surface area contributed by atoms with Crippen LogP contribution < -0.4 is 22.1 Å². The van der Waals surface area contributed by atoms with Crippen LogP contribution in [0.4, 0.5) is 11.6 Å². The largest absolute Gasteiger partial charge is 0.382 e. The highest BCUT2D eigenvalue weighted by molar-refractivity contribution is 6.31. The predicted molar refractivity (Wildman–Crippen MR) is 136 cm³/mol. The van der Waals surface area contributed by atoms with Gasteiger partial charge in [-0.2, -0.15) is 0 Å². The number of likely N-dealkylation sites (N-methyl/N-ethyl adjacent to an activating group) is 1. The number of aromatic nitrogens is 2. The van der Waals surface area contributed by atoms with Gasteiger partial charge in [0.15, 0.2) is 22.5 Å². The number of quaternary nitrogens is 1. The maximum absolute atomic E-state index is 12.3. The third-order valence-corrected chi connectivity index (χ3v) is 5.92. The Morgan fingerprint density at radius 2 is 1.65 bits per heavy atom. The van der Waals surface area contributed by atoms with Gasteiger partial charge in [0.25, 0.3) is 5.91 Å². The van der Waals surface area contributed by atoms with Crippen LogP contribution in [0.3, 0.4) is 0 Å². The smallest absolute Gasteiger partial charge is 0.273 e. The lowest BCUT2D eigenvalue weighted by Gasteiger charge is -2.30. The van der Waals surface area contributed by atoms with E-state index in [1.165, 1.54) is 11.1 Å². The molecule has 0 aliphatic rings. The van der Waals surface area contributed by atoms with Crippen LogP contribution in [-0.2, 0) is 11.2 Å². The second kappa shape index (κ2) is 13.1. The Morgan fingerprint density at radius 3 is 2.35 bits per heavy atom. The highest BCUT2D eigenvalue weighted by Gasteiger charge is 2.18. The zero-order chi connectivity index (χ0) is 25.1. The van der Waals surface area contributed by atoms with Crippen molar-refractivity contribution in [2.75, 3.05) is 51.7 Å². The first-order chi connectivity index (χ1) is 16.1. The molecule has 1 aromatic heterocycles. The number of hydrogen-bond acceptors (Lipinski definition) is 6. The van der Waals surface area contributed by atoms with Crippen molar-refractivity contribution in [3.63, 3.8) is 0 Å². The molecular formula is C24H37ClN7O2+. The van der Waals surface area contributed by atoms with E-state index in [1.54, 1.807) is 0 Å². The SMILES string of the molecule is Cc1ccc(CCC(=O)NCCCCC[N+](C)(C)CCNC(=O)c2nc(Cl)c(N)nc2N)cc1. The Kier molecular flexibility index (Phi) is 10.5. The van der Waals surface area contributed by atoms with Crippen molar-refractivity contribution in [3.8, 4) is 0 Å². The van der Waals surface area contributed by atoms with E-state index in [1.807, 2.05) is 0 Å². The number of nitrogens with two attached hydrogens (primary N) is 2. The molecule has 1 aromatic carbocycles. The Hall–Kier alpha value is -2.91. The van der Waals surface area contributed by atoms with E-state index in [0.717, 1.165) is 43.3 Å². The third kappa shape index (κ3) is 9.52. The summed E-state index contributed by atoms with van der Waals surface area (Å²) in [6.07, 6.45) is 4.29. The lowest BCUT2D eigenvalue weighted by atomic mass is 10.1. The number of halogens is 1. The summed E-state index contributed by atoms with van der Waals surface area (Å²) in [4.78, 5) is 32.1. The quantitative estimate of drug-likeness (QED) is 0.251. The molecule has 0 saturated heterocycles. The molecule has 0 bridgehead atoms. The molecule has 0 unspecified atom stereocenters. The van der Waals surface area contributed by atoms with Gasteiger partial charge in [0.2, 0.25) is 5.91 Å². The Labute approximate surface area is 206 Å². The number of nitrogens with zero attached hydrogens (tertiary/aromatic N) is 3. The monoisotopic (exact) mass is 490 g/mol. The van der Waals surface area contributed by atoms with Crippen molar-refractivity contribution >= 4 is 35.1 Å². The van der Waals surface area contributed by atoms with Gasteiger partial charge < -0.3 is 26.6 Å². The Morgan fingerprint density at radius 1 is 0.941 bits per heavy atom. The molecule has 9 nitrogen and oxygen atoms in total. The number of hydrogen-bond donors (Lipinski definition) is 4. The molecule has 2 aromatic rings. The van der Waals surface area contributed by atoms with Crippen LogP contribution >= 0.6 is 11.6 Å². The van der Waals surface area contributed by atoms with Gasteiger partial charge in [0, 0.05) is 13.0 Å². The topological polar surface area (TPSA) is 136 Å². The normalized spacial score (nSPS) is 11.3. The molecule has 0 aliphatic carbocycles. The number of nitrogen functional groups attached to an aromatic ring is 2. The lowest BCUT2D eigenvalue weighted by molar-refractivity contribution is -0.889. The second-order valence-electron chi connectivity index (χ2n) is 9.17. The molecule has 0 aliphatic heterocycles. The van der Waals surface area contributed by atoms with Crippen LogP contribution in [-0.4, -0.2) is 66.5 Å². The van der Waals surface area contributed by atoms with E-state index in [9.17, 15) is 9.59 Å². The van der Waals surface area contributed by atoms with E-state index >= 15 is 0 Å². The number of unbranched alkanes of at least 4 members (excludes halogenated alkanes) is 2. The summed E-state index contributed by atoms with van der Waals surface area (Å²) in [6, 6.07) is 8.29. The maximum Gasteiger partial charge on any atom is 0.273 e. The fraction of sp³-hybridized carbons (Fsp3) is 0.500. The molecule has 34 heavy (non-hydrogen) atoms. The van der Waals surface area contributed by atoms with Crippen LogP contribution in [0.15, 0.2) is 24.3 Å². The van der Waals surface area contributed by atoms with Gasteiger partial charge in [0.1, 0.15) is 0 Å². The molecule has 0 radical (unpaired) electrons. The minimum Gasteiger partial charge on any atom is -0.382 e. The molecule has 0 atom stereocenters. The number of carbonyl (C=O) groups excluding carboxylic acids is 2. The number of aryl methyl sites for hydroxylation is 2. The second-order valence-corrected chi connectivity index (χ2v) is 9.53. The van der Waals surface area contributed by atoms with E-state index in [4.69, 9.17) is 23.1 Å². The van der Waals surface area contributed by atoms with Gasteiger partial charge in [-0.15, -0.1) is 0 Å². The molecule has 0 fully saturated rings. The van der Waals surface area contributed by atoms with Gasteiger partial charge in [-0.25, -0.2) is 9.97 Å². The number of nitrogens with one attached hydrogen (secondary N) is 2. The number of anilines is 2. The fourth-order valence-electron chi connectivity index (χ4n) is 3.45. The van der Waals surface area contributed by atoms with E-state index in [2.05, 4.69) is 65.9 Å². The summed E-state index contributed by atoms with van der Waals surface area (Å²) < 4.78 is 0.757. The van der Waals surface area contributed by atoms with Crippen molar-refractivity contribution in [1.29, 1.82) is 0 Å². The molecule has 1 heterocycles. The van der Waals surface area contributed by atoms with E-state index in [-0.39, 0.29) is 28.4 Å². The summed E-state index contributed by atoms with van der Waals surface area (Å²) in [6.45, 7) is 4.93. The predicted octanol–water partition coefficient (Wildman–Crippen LogP) is 2.33. The highest BCUT2D eigenvalue weighted by atomic mass is 35.5. The van der Waals surface area contributed by atoms with Gasteiger partial charge in [-0.1, -0.05) is 41.4 Å². The molecule has 2 amide bonds. The number of amides is 2. The van der Waals surface area contributed by atoms with Gasteiger partial charge >= 0.3 is 0 Å². The highest BCUT2D eigenvalue weighted by Crippen LogP contribution is 2.17. The van der Waals surface area contributed by atoms with Crippen LogP contribution in [0.25, 0.3) is 0 Å². The minimum atomic E-state index is -0.426. The summed E-state index contributed by atoms with van der Waals surface area (Å²) in [5.74, 6) is -0.379. The van der Waals surface area contributed by atoms with Crippen LogP contribution in [0, 0.1) is 6.92 Å².